The van der Waals surface area contributed by atoms with Gasteiger partial charge in [-0.1, -0.05) is 12.1 Å². The summed E-state index contributed by atoms with van der Waals surface area (Å²) in [6.07, 6.45) is 4.24. The number of benzene rings is 1. The van der Waals surface area contributed by atoms with Gasteiger partial charge < -0.3 is 25.6 Å². The summed E-state index contributed by atoms with van der Waals surface area (Å²) in [6.45, 7) is 1.89. The van der Waals surface area contributed by atoms with E-state index < -0.39 is 0 Å². The summed E-state index contributed by atoms with van der Waals surface area (Å²) in [4.78, 5) is 22.6. The molecular weight excluding hydrogens is 356 g/mol. The molecule has 1 atom stereocenters. The van der Waals surface area contributed by atoms with Crippen LogP contribution in [-0.4, -0.2) is 56.7 Å². The minimum Gasteiger partial charge on any atom is -0.495 e. The van der Waals surface area contributed by atoms with E-state index in [1.807, 2.05) is 18.2 Å². The molecule has 1 aliphatic rings. The second-order valence-corrected chi connectivity index (χ2v) is 6.46. The average Bonchev–Trinajstić information content (AvgIpc) is 3.20. The molecule has 8 heteroatoms. The number of hydrogen-bond donors (Lipinski definition) is 3. The number of carbonyl (C=O) groups excluding carboxylic acids is 1. The maximum atomic E-state index is 12.1. The number of hydrogen-bond acceptors (Lipinski definition) is 5. The summed E-state index contributed by atoms with van der Waals surface area (Å²) in [5.41, 5.74) is 1.76. The van der Waals surface area contributed by atoms with Crippen molar-refractivity contribution in [3.05, 3.63) is 48.8 Å². The molecular formula is C20H26N6O2. The minimum absolute atomic E-state index is 0.123. The van der Waals surface area contributed by atoms with Crippen molar-refractivity contribution in [1.82, 2.24) is 15.6 Å². The molecule has 2 heterocycles. The standard InChI is InChI=1S/C20H26N6O2/c1-21-20(23-13-19(27)24-15-6-5-10-22-12-15)25-16-9-11-26(14-16)17-7-3-4-8-18(17)28-2/h3-8,10,12,16H,9,11,13-14H2,1-2H3,(H,24,27)(H2,21,23,25). The number of nitrogens with zero attached hydrogens (tertiary/aromatic N) is 3. The van der Waals surface area contributed by atoms with E-state index in [0.717, 1.165) is 30.9 Å². The Kier molecular flexibility index (Phi) is 6.67. The lowest BCUT2D eigenvalue weighted by Crippen LogP contribution is -2.46. The van der Waals surface area contributed by atoms with Crippen molar-refractivity contribution in [2.24, 2.45) is 4.99 Å². The number of aliphatic imine (C=N–C) groups is 1. The molecule has 1 fully saturated rings. The summed E-state index contributed by atoms with van der Waals surface area (Å²) < 4.78 is 5.46. The second-order valence-electron chi connectivity index (χ2n) is 6.46. The van der Waals surface area contributed by atoms with Crippen LogP contribution in [0.15, 0.2) is 53.8 Å². The fourth-order valence-electron chi connectivity index (χ4n) is 3.18. The van der Waals surface area contributed by atoms with Crippen molar-refractivity contribution >= 4 is 23.2 Å². The Balaban J connectivity index is 1.48. The molecule has 3 N–H and O–H groups in total. The largest absolute Gasteiger partial charge is 0.495 e. The quantitative estimate of drug-likeness (QED) is 0.518. The zero-order valence-corrected chi connectivity index (χ0v) is 16.2. The lowest BCUT2D eigenvalue weighted by molar-refractivity contribution is -0.115. The van der Waals surface area contributed by atoms with E-state index >= 15 is 0 Å². The van der Waals surface area contributed by atoms with Gasteiger partial charge in [0.25, 0.3) is 0 Å². The Labute approximate surface area is 165 Å². The van der Waals surface area contributed by atoms with Crippen molar-refractivity contribution in [3.8, 4) is 5.75 Å². The molecule has 1 aliphatic heterocycles. The number of pyridine rings is 1. The lowest BCUT2D eigenvalue weighted by Gasteiger charge is -2.22. The SMILES string of the molecule is CN=C(NCC(=O)Nc1cccnc1)NC1CCN(c2ccccc2OC)C1. The van der Waals surface area contributed by atoms with Gasteiger partial charge in [0.1, 0.15) is 5.75 Å². The van der Waals surface area contributed by atoms with Gasteiger partial charge in [0.15, 0.2) is 5.96 Å². The van der Waals surface area contributed by atoms with Crippen LogP contribution in [0.5, 0.6) is 5.75 Å². The number of para-hydroxylation sites is 2. The molecule has 1 unspecified atom stereocenters. The van der Waals surface area contributed by atoms with Gasteiger partial charge in [-0.25, -0.2) is 0 Å². The molecule has 1 aromatic carbocycles. The van der Waals surface area contributed by atoms with Crippen molar-refractivity contribution in [2.45, 2.75) is 12.5 Å². The number of guanidine groups is 1. The molecule has 3 rings (SSSR count). The smallest absolute Gasteiger partial charge is 0.243 e. The zero-order chi connectivity index (χ0) is 19.8. The Morgan fingerprint density at radius 2 is 2.18 bits per heavy atom. The van der Waals surface area contributed by atoms with Crippen LogP contribution in [0.1, 0.15) is 6.42 Å². The van der Waals surface area contributed by atoms with Gasteiger partial charge in [-0.15, -0.1) is 0 Å². The predicted molar refractivity (Wildman–Crippen MR) is 111 cm³/mol. The van der Waals surface area contributed by atoms with Gasteiger partial charge >= 0.3 is 0 Å². The third kappa shape index (κ3) is 5.12. The third-order valence-electron chi connectivity index (χ3n) is 4.54. The number of aromatic nitrogens is 1. The van der Waals surface area contributed by atoms with Gasteiger partial charge in [0.05, 0.1) is 31.2 Å². The molecule has 1 saturated heterocycles. The van der Waals surface area contributed by atoms with Crippen LogP contribution in [0.3, 0.4) is 0 Å². The van der Waals surface area contributed by atoms with E-state index in [1.165, 1.54) is 0 Å². The Bertz CT molecular complexity index is 811. The molecule has 28 heavy (non-hydrogen) atoms. The number of ether oxygens (including phenoxy) is 1. The second kappa shape index (κ2) is 9.59. The molecule has 148 valence electrons. The first-order valence-electron chi connectivity index (χ1n) is 9.24. The van der Waals surface area contributed by atoms with Crippen molar-refractivity contribution in [3.63, 3.8) is 0 Å². The fraction of sp³-hybridized carbons (Fsp3) is 0.350. The summed E-state index contributed by atoms with van der Waals surface area (Å²) in [5.74, 6) is 1.32. The highest BCUT2D eigenvalue weighted by atomic mass is 16.5. The lowest BCUT2D eigenvalue weighted by atomic mass is 10.2. The maximum absolute atomic E-state index is 12.1. The molecule has 0 spiro atoms. The number of nitrogens with one attached hydrogen (secondary N) is 3. The van der Waals surface area contributed by atoms with Crippen molar-refractivity contribution in [2.75, 3.05) is 44.0 Å². The van der Waals surface area contributed by atoms with E-state index in [2.05, 4.69) is 36.9 Å². The number of anilines is 2. The maximum Gasteiger partial charge on any atom is 0.243 e. The summed E-state index contributed by atoms with van der Waals surface area (Å²) in [5, 5.41) is 9.23. The van der Waals surface area contributed by atoms with E-state index in [9.17, 15) is 4.79 Å². The van der Waals surface area contributed by atoms with E-state index in [1.54, 1.807) is 38.7 Å². The fourth-order valence-corrected chi connectivity index (χ4v) is 3.18. The highest BCUT2D eigenvalue weighted by Gasteiger charge is 2.25. The first-order chi connectivity index (χ1) is 13.7. The van der Waals surface area contributed by atoms with Crippen molar-refractivity contribution < 1.29 is 9.53 Å². The Morgan fingerprint density at radius 3 is 2.93 bits per heavy atom. The number of carbonyl (C=O) groups is 1. The number of amides is 1. The average molecular weight is 382 g/mol. The normalized spacial score (nSPS) is 16.6. The molecule has 1 aromatic heterocycles. The Hall–Kier alpha value is -3.29. The van der Waals surface area contributed by atoms with E-state index in [0.29, 0.717) is 11.6 Å². The van der Waals surface area contributed by atoms with Crippen LogP contribution in [0.4, 0.5) is 11.4 Å². The highest BCUT2D eigenvalue weighted by molar-refractivity contribution is 5.94. The number of methoxy groups -OCH3 is 1. The molecule has 0 aliphatic carbocycles. The summed E-state index contributed by atoms with van der Waals surface area (Å²) in [7, 11) is 3.38. The van der Waals surface area contributed by atoms with Gasteiger partial charge in [0, 0.05) is 32.4 Å². The van der Waals surface area contributed by atoms with Crippen LogP contribution >= 0.6 is 0 Å². The van der Waals surface area contributed by atoms with Gasteiger partial charge in [-0.05, 0) is 30.7 Å². The highest BCUT2D eigenvalue weighted by Crippen LogP contribution is 2.30. The van der Waals surface area contributed by atoms with Crippen LogP contribution in [0.2, 0.25) is 0 Å². The van der Waals surface area contributed by atoms with E-state index in [4.69, 9.17) is 4.74 Å². The van der Waals surface area contributed by atoms with Crippen molar-refractivity contribution in [1.29, 1.82) is 0 Å². The topological polar surface area (TPSA) is 90.9 Å². The van der Waals surface area contributed by atoms with Gasteiger partial charge in [-0.3, -0.25) is 14.8 Å². The van der Waals surface area contributed by atoms with Crippen LogP contribution in [0, 0.1) is 0 Å². The van der Waals surface area contributed by atoms with E-state index in [-0.39, 0.29) is 18.5 Å². The summed E-state index contributed by atoms with van der Waals surface area (Å²) in [6, 6.07) is 11.8. The van der Waals surface area contributed by atoms with Gasteiger partial charge in [-0.2, -0.15) is 0 Å². The zero-order valence-electron chi connectivity index (χ0n) is 16.2. The first kappa shape index (κ1) is 19.5. The molecule has 0 radical (unpaired) electrons. The molecule has 1 amide bonds. The molecule has 2 aromatic rings. The Morgan fingerprint density at radius 1 is 1.32 bits per heavy atom. The first-order valence-corrected chi connectivity index (χ1v) is 9.24. The molecule has 0 saturated carbocycles. The summed E-state index contributed by atoms with van der Waals surface area (Å²) >= 11 is 0. The molecule has 0 bridgehead atoms. The third-order valence-corrected chi connectivity index (χ3v) is 4.54. The monoisotopic (exact) mass is 382 g/mol. The minimum atomic E-state index is -0.155. The molecule has 8 nitrogen and oxygen atoms in total. The number of rotatable bonds is 6. The predicted octanol–water partition coefficient (Wildman–Crippen LogP) is 1.47. The van der Waals surface area contributed by atoms with Crippen LogP contribution in [0.25, 0.3) is 0 Å². The van der Waals surface area contributed by atoms with Crippen LogP contribution < -0.4 is 25.6 Å². The van der Waals surface area contributed by atoms with Crippen LogP contribution in [-0.2, 0) is 4.79 Å². The van der Waals surface area contributed by atoms with Gasteiger partial charge in [0.2, 0.25) is 5.91 Å².